The van der Waals surface area contributed by atoms with Gasteiger partial charge in [0.2, 0.25) is 0 Å². The normalized spacial score (nSPS) is 24.8. The van der Waals surface area contributed by atoms with Gasteiger partial charge in [-0.1, -0.05) is 6.92 Å². The summed E-state index contributed by atoms with van der Waals surface area (Å²) in [5.41, 5.74) is -0.00905. The molecule has 0 bridgehead atoms. The second kappa shape index (κ2) is 5.15. The molecule has 4 heteroatoms. The number of nitrogens with zero attached hydrogens (tertiary/aromatic N) is 2. The van der Waals surface area contributed by atoms with Crippen molar-refractivity contribution < 1.29 is 9.90 Å². The van der Waals surface area contributed by atoms with E-state index in [1.54, 1.807) is 0 Å². The van der Waals surface area contributed by atoms with Crippen LogP contribution in [0.1, 0.15) is 40.5 Å². The summed E-state index contributed by atoms with van der Waals surface area (Å²) in [7, 11) is 0. The lowest BCUT2D eigenvalue weighted by Crippen LogP contribution is -2.51. The first-order chi connectivity index (χ1) is 7.39. The fraction of sp³-hybridized carbons (Fsp3) is 0.917. The maximum Gasteiger partial charge on any atom is 0.304 e. The van der Waals surface area contributed by atoms with Gasteiger partial charge >= 0.3 is 5.97 Å². The Balaban J connectivity index is 2.56. The molecule has 4 nitrogen and oxygen atoms in total. The Morgan fingerprint density at radius 3 is 2.44 bits per heavy atom. The molecular formula is C12H24N2O2. The fourth-order valence-corrected chi connectivity index (χ4v) is 2.34. The summed E-state index contributed by atoms with van der Waals surface area (Å²) in [5, 5.41) is 8.76. The van der Waals surface area contributed by atoms with Crippen LogP contribution in [0.2, 0.25) is 0 Å². The van der Waals surface area contributed by atoms with Crippen LogP contribution in [0.15, 0.2) is 0 Å². The van der Waals surface area contributed by atoms with Crippen molar-refractivity contribution in [2.24, 2.45) is 0 Å². The number of hydrogen-bond acceptors (Lipinski definition) is 3. The third-order valence-electron chi connectivity index (χ3n) is 3.43. The summed E-state index contributed by atoms with van der Waals surface area (Å²) in [6.07, 6.45) is 1.29. The quantitative estimate of drug-likeness (QED) is 0.672. The van der Waals surface area contributed by atoms with Crippen molar-refractivity contribution in [1.29, 1.82) is 0 Å². The molecule has 0 aromatic carbocycles. The number of carboxylic acids is 1. The van der Waals surface area contributed by atoms with E-state index in [2.05, 4.69) is 37.5 Å². The Morgan fingerprint density at radius 2 is 2.06 bits per heavy atom. The smallest absolute Gasteiger partial charge is 0.304 e. The molecule has 0 aromatic rings. The monoisotopic (exact) mass is 228 g/mol. The first-order valence-corrected chi connectivity index (χ1v) is 6.13. The standard InChI is InChI=1S/C12H24N2O2/c1-5-7-13(8-6-11(15)16)12(3,4)14-9-10(14)2/h10H,5-9H2,1-4H3,(H,15,16). The van der Waals surface area contributed by atoms with Gasteiger partial charge in [-0.05, 0) is 33.7 Å². The van der Waals surface area contributed by atoms with Crippen molar-refractivity contribution >= 4 is 5.97 Å². The van der Waals surface area contributed by atoms with Gasteiger partial charge in [-0.15, -0.1) is 0 Å². The summed E-state index contributed by atoms with van der Waals surface area (Å²) >= 11 is 0. The Hall–Kier alpha value is -0.610. The first kappa shape index (κ1) is 13.5. The third-order valence-corrected chi connectivity index (χ3v) is 3.43. The first-order valence-electron chi connectivity index (χ1n) is 6.13. The summed E-state index contributed by atoms with van der Waals surface area (Å²) < 4.78 is 0. The molecule has 0 amide bonds. The van der Waals surface area contributed by atoms with Crippen LogP contribution >= 0.6 is 0 Å². The van der Waals surface area contributed by atoms with Crippen molar-refractivity contribution in [3.63, 3.8) is 0 Å². The molecule has 1 rings (SSSR count). The zero-order valence-corrected chi connectivity index (χ0v) is 10.9. The largest absolute Gasteiger partial charge is 0.481 e. The zero-order chi connectivity index (χ0) is 12.3. The fourth-order valence-electron chi connectivity index (χ4n) is 2.34. The van der Waals surface area contributed by atoms with Gasteiger partial charge in [-0.3, -0.25) is 14.6 Å². The van der Waals surface area contributed by atoms with Gasteiger partial charge in [-0.2, -0.15) is 0 Å². The highest BCUT2D eigenvalue weighted by Gasteiger charge is 2.44. The highest BCUT2D eigenvalue weighted by molar-refractivity contribution is 5.66. The molecule has 0 aromatic heterocycles. The number of carboxylic acid groups (broad SMARTS) is 1. The van der Waals surface area contributed by atoms with Crippen LogP contribution in [0.3, 0.4) is 0 Å². The van der Waals surface area contributed by atoms with E-state index >= 15 is 0 Å². The number of aliphatic carboxylic acids is 1. The molecule has 1 aliphatic rings. The summed E-state index contributed by atoms with van der Waals surface area (Å²) in [4.78, 5) is 15.3. The van der Waals surface area contributed by atoms with Gasteiger partial charge in [0.25, 0.3) is 0 Å². The van der Waals surface area contributed by atoms with Gasteiger partial charge < -0.3 is 5.11 Å². The lowest BCUT2D eigenvalue weighted by molar-refractivity contribution is -0.138. The second-order valence-electron chi connectivity index (χ2n) is 5.13. The van der Waals surface area contributed by atoms with Crippen LogP contribution in [-0.4, -0.2) is 52.2 Å². The van der Waals surface area contributed by atoms with Crippen LogP contribution in [-0.2, 0) is 4.79 Å². The van der Waals surface area contributed by atoms with Gasteiger partial charge in [0.15, 0.2) is 0 Å². The average molecular weight is 228 g/mol. The van der Waals surface area contributed by atoms with E-state index < -0.39 is 5.97 Å². The second-order valence-corrected chi connectivity index (χ2v) is 5.13. The molecule has 1 aliphatic heterocycles. The summed E-state index contributed by atoms with van der Waals surface area (Å²) in [5.74, 6) is -0.712. The van der Waals surface area contributed by atoms with Gasteiger partial charge in [0, 0.05) is 19.1 Å². The van der Waals surface area contributed by atoms with E-state index in [1.807, 2.05) is 0 Å². The van der Waals surface area contributed by atoms with E-state index in [0.717, 1.165) is 19.5 Å². The Kier molecular flexibility index (Phi) is 4.33. The van der Waals surface area contributed by atoms with Crippen LogP contribution in [0.5, 0.6) is 0 Å². The highest BCUT2D eigenvalue weighted by Crippen LogP contribution is 2.31. The SMILES string of the molecule is CCCN(CCC(=O)O)C(C)(C)N1CC1C. The van der Waals surface area contributed by atoms with Crippen molar-refractivity contribution in [3.8, 4) is 0 Å². The summed E-state index contributed by atoms with van der Waals surface area (Å²) in [6, 6.07) is 0.638. The van der Waals surface area contributed by atoms with E-state index in [9.17, 15) is 4.79 Å². The molecule has 1 heterocycles. The van der Waals surface area contributed by atoms with Crippen LogP contribution in [0.4, 0.5) is 0 Å². The minimum atomic E-state index is -0.712. The van der Waals surface area contributed by atoms with Crippen molar-refractivity contribution in [2.75, 3.05) is 19.6 Å². The molecule has 2 atom stereocenters. The minimum absolute atomic E-state index is 0.00905. The number of hydrogen-bond donors (Lipinski definition) is 1. The molecule has 0 saturated carbocycles. The molecular weight excluding hydrogens is 204 g/mol. The van der Waals surface area contributed by atoms with Crippen LogP contribution < -0.4 is 0 Å². The van der Waals surface area contributed by atoms with E-state index in [1.165, 1.54) is 0 Å². The van der Waals surface area contributed by atoms with Gasteiger partial charge in [0.05, 0.1) is 12.1 Å². The molecule has 1 N–H and O–H groups in total. The minimum Gasteiger partial charge on any atom is -0.481 e. The Morgan fingerprint density at radius 1 is 1.50 bits per heavy atom. The van der Waals surface area contributed by atoms with Crippen LogP contribution in [0, 0.1) is 0 Å². The predicted octanol–water partition coefficient (Wildman–Crippen LogP) is 1.61. The molecule has 0 spiro atoms. The predicted molar refractivity (Wildman–Crippen MR) is 64.4 cm³/mol. The van der Waals surface area contributed by atoms with Gasteiger partial charge in [-0.25, -0.2) is 0 Å². The Labute approximate surface area is 98.2 Å². The van der Waals surface area contributed by atoms with Crippen LogP contribution in [0.25, 0.3) is 0 Å². The maximum absolute atomic E-state index is 10.6. The molecule has 1 fully saturated rings. The number of rotatable bonds is 7. The summed E-state index contributed by atoms with van der Waals surface area (Å²) in [6.45, 7) is 11.4. The molecule has 16 heavy (non-hydrogen) atoms. The highest BCUT2D eigenvalue weighted by atomic mass is 16.4. The molecule has 94 valence electrons. The van der Waals surface area contributed by atoms with Crippen molar-refractivity contribution in [2.45, 2.75) is 52.2 Å². The third kappa shape index (κ3) is 3.19. The van der Waals surface area contributed by atoms with Crippen molar-refractivity contribution in [3.05, 3.63) is 0 Å². The van der Waals surface area contributed by atoms with E-state index in [0.29, 0.717) is 12.6 Å². The molecule has 2 unspecified atom stereocenters. The van der Waals surface area contributed by atoms with E-state index in [4.69, 9.17) is 5.11 Å². The number of carbonyl (C=O) groups is 1. The molecule has 0 aliphatic carbocycles. The van der Waals surface area contributed by atoms with Crippen molar-refractivity contribution in [1.82, 2.24) is 9.80 Å². The zero-order valence-electron chi connectivity index (χ0n) is 10.9. The lowest BCUT2D eigenvalue weighted by Gasteiger charge is -2.40. The topological polar surface area (TPSA) is 43.6 Å². The Bertz CT molecular complexity index is 253. The van der Waals surface area contributed by atoms with E-state index in [-0.39, 0.29) is 12.1 Å². The lowest BCUT2D eigenvalue weighted by atomic mass is 10.1. The maximum atomic E-state index is 10.6. The average Bonchev–Trinajstić information content (AvgIpc) is 2.90. The molecule has 1 saturated heterocycles. The van der Waals surface area contributed by atoms with Gasteiger partial charge in [0.1, 0.15) is 0 Å². The molecule has 0 radical (unpaired) electrons.